The number of fused-ring (bicyclic) bond motifs is 1. The van der Waals surface area contributed by atoms with Crippen LogP contribution in [0.25, 0.3) is 10.8 Å². The molecule has 6 rings (SSSR count). The molecule has 0 N–H and O–H groups in total. The average molecular weight is 462 g/mol. The molecule has 4 aromatic carbocycles. The van der Waals surface area contributed by atoms with Crippen LogP contribution in [0.1, 0.15) is 46.3 Å². The Labute approximate surface area is 205 Å². The summed E-state index contributed by atoms with van der Waals surface area (Å²) in [6.45, 7) is 4.33. The lowest BCUT2D eigenvalue weighted by atomic mass is 9.95. The van der Waals surface area contributed by atoms with Gasteiger partial charge >= 0.3 is 0 Å². The third-order valence-electron chi connectivity index (χ3n) is 6.93. The normalized spacial score (nSPS) is 20.0. The standard InChI is InChI=1S/C30H27N3S/c1-20-12-13-25(16-21(20)2)27-18-29(26-15-14-22-8-6-7-11-24(22)17-26)33(32-27)30-31-28(19-34-30)23-9-4-3-5-10-23/h3-17,28-29H,18-19H2,1-2H3. The molecule has 0 fully saturated rings. The molecule has 168 valence electrons. The van der Waals surface area contributed by atoms with Crippen molar-refractivity contribution in [3.63, 3.8) is 0 Å². The Morgan fingerprint density at radius 3 is 2.38 bits per heavy atom. The van der Waals surface area contributed by atoms with Crippen molar-refractivity contribution in [3.05, 3.63) is 119 Å². The number of amidine groups is 1. The van der Waals surface area contributed by atoms with Gasteiger partial charge in [0, 0.05) is 12.2 Å². The first-order chi connectivity index (χ1) is 16.7. The van der Waals surface area contributed by atoms with Crippen LogP contribution in [0.15, 0.2) is 101 Å². The molecule has 0 bridgehead atoms. The van der Waals surface area contributed by atoms with E-state index < -0.39 is 0 Å². The van der Waals surface area contributed by atoms with Crippen LogP contribution >= 0.6 is 11.8 Å². The maximum absolute atomic E-state index is 5.18. The molecule has 2 atom stereocenters. The summed E-state index contributed by atoms with van der Waals surface area (Å²) >= 11 is 1.82. The fourth-order valence-corrected chi connectivity index (χ4v) is 5.87. The predicted molar refractivity (Wildman–Crippen MR) is 145 cm³/mol. The van der Waals surface area contributed by atoms with Crippen molar-refractivity contribution in [2.45, 2.75) is 32.4 Å². The Bertz CT molecular complexity index is 1420. The first kappa shape index (κ1) is 21.2. The van der Waals surface area contributed by atoms with Gasteiger partial charge in [0.1, 0.15) is 0 Å². The third-order valence-corrected chi connectivity index (χ3v) is 7.96. The highest BCUT2D eigenvalue weighted by Gasteiger charge is 2.35. The Morgan fingerprint density at radius 1 is 0.765 bits per heavy atom. The first-order valence-corrected chi connectivity index (χ1v) is 12.8. The molecular weight excluding hydrogens is 434 g/mol. The summed E-state index contributed by atoms with van der Waals surface area (Å²) in [6, 6.07) is 33.0. The molecule has 0 radical (unpaired) electrons. The Hall–Kier alpha value is -3.37. The quantitative estimate of drug-likeness (QED) is 0.317. The van der Waals surface area contributed by atoms with Gasteiger partial charge in [0.05, 0.1) is 17.8 Å². The summed E-state index contributed by atoms with van der Waals surface area (Å²) in [5.74, 6) is 0.953. The lowest BCUT2D eigenvalue weighted by Gasteiger charge is -2.23. The minimum Gasteiger partial charge on any atom is -0.252 e. The van der Waals surface area contributed by atoms with Gasteiger partial charge in [-0.05, 0) is 64.6 Å². The smallest absolute Gasteiger partial charge is 0.181 e. The predicted octanol–water partition coefficient (Wildman–Crippen LogP) is 7.45. The van der Waals surface area contributed by atoms with Crippen molar-refractivity contribution in [2.24, 2.45) is 10.1 Å². The van der Waals surface area contributed by atoms with Crippen LogP contribution in [0.3, 0.4) is 0 Å². The van der Waals surface area contributed by atoms with Gasteiger partial charge in [-0.15, -0.1) is 0 Å². The van der Waals surface area contributed by atoms with Crippen molar-refractivity contribution >= 4 is 33.4 Å². The van der Waals surface area contributed by atoms with E-state index in [9.17, 15) is 0 Å². The van der Waals surface area contributed by atoms with E-state index in [1.165, 1.54) is 38.6 Å². The molecule has 3 nitrogen and oxygen atoms in total. The maximum atomic E-state index is 5.18. The number of hydrogen-bond acceptors (Lipinski definition) is 4. The molecule has 0 spiro atoms. The fraction of sp³-hybridized carbons (Fsp3) is 0.200. The van der Waals surface area contributed by atoms with Gasteiger partial charge in [0.25, 0.3) is 0 Å². The maximum Gasteiger partial charge on any atom is 0.181 e. The third kappa shape index (κ3) is 3.92. The summed E-state index contributed by atoms with van der Waals surface area (Å²) in [5.41, 5.74) is 7.51. The summed E-state index contributed by atoms with van der Waals surface area (Å²) in [6.07, 6.45) is 0.871. The minimum absolute atomic E-state index is 0.141. The van der Waals surface area contributed by atoms with Crippen molar-refractivity contribution in [1.29, 1.82) is 0 Å². The molecule has 2 unspecified atom stereocenters. The number of hydrazone groups is 1. The second-order valence-electron chi connectivity index (χ2n) is 9.17. The number of thioether (sulfide) groups is 1. The highest BCUT2D eigenvalue weighted by atomic mass is 32.2. The molecule has 4 heteroatoms. The second-order valence-corrected chi connectivity index (χ2v) is 10.2. The average Bonchev–Trinajstić information content (AvgIpc) is 3.54. The van der Waals surface area contributed by atoms with Crippen molar-refractivity contribution in [3.8, 4) is 0 Å². The summed E-state index contributed by atoms with van der Waals surface area (Å²) in [4.78, 5) is 5.14. The van der Waals surface area contributed by atoms with Gasteiger partial charge in [0.15, 0.2) is 5.17 Å². The SMILES string of the molecule is Cc1ccc(C2=NN(C3=NC(c4ccccc4)CS3)C(c3ccc4ccccc4c3)C2)cc1C. The number of nitrogens with zero attached hydrogens (tertiary/aromatic N) is 3. The zero-order chi connectivity index (χ0) is 23.1. The monoisotopic (exact) mass is 461 g/mol. The van der Waals surface area contributed by atoms with Gasteiger partial charge in [-0.2, -0.15) is 5.10 Å². The Balaban J connectivity index is 1.40. The molecule has 0 aliphatic carbocycles. The number of aliphatic imine (C=N–C) groups is 1. The van der Waals surface area contributed by atoms with E-state index in [0.717, 1.165) is 23.1 Å². The lowest BCUT2D eigenvalue weighted by Crippen LogP contribution is -2.23. The summed E-state index contributed by atoms with van der Waals surface area (Å²) in [7, 11) is 0. The van der Waals surface area contributed by atoms with Gasteiger partial charge in [0.2, 0.25) is 0 Å². The van der Waals surface area contributed by atoms with Crippen LogP contribution in [-0.4, -0.2) is 21.6 Å². The molecule has 0 saturated heterocycles. The fourth-order valence-electron chi connectivity index (χ4n) is 4.79. The van der Waals surface area contributed by atoms with E-state index in [1.54, 1.807) is 0 Å². The van der Waals surface area contributed by atoms with E-state index in [0.29, 0.717) is 0 Å². The van der Waals surface area contributed by atoms with Crippen molar-refractivity contribution in [2.75, 3.05) is 5.75 Å². The van der Waals surface area contributed by atoms with Crippen LogP contribution in [0.2, 0.25) is 0 Å². The van der Waals surface area contributed by atoms with Gasteiger partial charge in [-0.1, -0.05) is 90.6 Å². The van der Waals surface area contributed by atoms with Gasteiger partial charge in [-0.25, -0.2) is 5.01 Å². The largest absolute Gasteiger partial charge is 0.252 e. The zero-order valence-corrected chi connectivity index (χ0v) is 20.3. The molecule has 0 amide bonds. The number of benzene rings is 4. The van der Waals surface area contributed by atoms with E-state index >= 15 is 0 Å². The van der Waals surface area contributed by atoms with E-state index in [4.69, 9.17) is 10.1 Å². The molecular formula is C30H27N3S. The van der Waals surface area contributed by atoms with Crippen LogP contribution in [0.4, 0.5) is 0 Å². The Morgan fingerprint density at radius 2 is 1.56 bits per heavy atom. The van der Waals surface area contributed by atoms with Crippen LogP contribution < -0.4 is 0 Å². The molecule has 2 heterocycles. The molecule has 0 saturated carbocycles. The minimum atomic E-state index is 0.141. The lowest BCUT2D eigenvalue weighted by molar-refractivity contribution is 0.376. The highest BCUT2D eigenvalue weighted by molar-refractivity contribution is 8.14. The van der Waals surface area contributed by atoms with Crippen LogP contribution in [0.5, 0.6) is 0 Å². The zero-order valence-electron chi connectivity index (χ0n) is 19.5. The number of hydrogen-bond donors (Lipinski definition) is 0. The molecule has 4 aromatic rings. The van der Waals surface area contributed by atoms with Gasteiger partial charge < -0.3 is 0 Å². The van der Waals surface area contributed by atoms with Crippen molar-refractivity contribution in [1.82, 2.24) is 5.01 Å². The molecule has 2 aliphatic rings. The topological polar surface area (TPSA) is 28.0 Å². The van der Waals surface area contributed by atoms with Crippen LogP contribution in [0, 0.1) is 13.8 Å². The summed E-state index contributed by atoms with van der Waals surface area (Å²) in [5, 5.41) is 10.9. The number of aryl methyl sites for hydroxylation is 2. The van der Waals surface area contributed by atoms with E-state index in [-0.39, 0.29) is 12.1 Å². The second kappa shape index (κ2) is 8.77. The van der Waals surface area contributed by atoms with Gasteiger partial charge in [-0.3, -0.25) is 4.99 Å². The summed E-state index contributed by atoms with van der Waals surface area (Å²) < 4.78 is 0. The highest BCUT2D eigenvalue weighted by Crippen LogP contribution is 2.40. The molecule has 2 aliphatic heterocycles. The van der Waals surface area contributed by atoms with E-state index in [2.05, 4.69) is 110 Å². The molecule has 0 aromatic heterocycles. The molecule has 34 heavy (non-hydrogen) atoms. The van der Waals surface area contributed by atoms with Crippen LogP contribution in [-0.2, 0) is 0 Å². The van der Waals surface area contributed by atoms with Crippen molar-refractivity contribution < 1.29 is 0 Å². The van der Waals surface area contributed by atoms with E-state index in [1.807, 2.05) is 11.8 Å². The first-order valence-electron chi connectivity index (χ1n) is 11.8. The Kier molecular flexibility index (Phi) is 5.46. The number of rotatable bonds is 3.